The maximum atomic E-state index is 9.60. The average molecular weight is 441 g/mol. The van der Waals surface area contributed by atoms with E-state index in [9.17, 15) is 5.26 Å². The molecular weight excluding hydrogens is 412 g/mol. The van der Waals surface area contributed by atoms with Gasteiger partial charge in [-0.3, -0.25) is 4.68 Å². The Balaban J connectivity index is 1.68. The Bertz CT molecular complexity index is 1330. The topological polar surface area (TPSA) is 110 Å². The molecule has 3 N–H and O–H groups in total. The molecule has 0 spiro atoms. The highest BCUT2D eigenvalue weighted by Gasteiger charge is 2.21. The van der Waals surface area contributed by atoms with Gasteiger partial charge in [-0.15, -0.1) is 0 Å². The van der Waals surface area contributed by atoms with Crippen molar-refractivity contribution in [2.24, 2.45) is 12.8 Å². The van der Waals surface area contributed by atoms with E-state index in [0.29, 0.717) is 17.8 Å². The quantitative estimate of drug-likeness (QED) is 0.417. The molecule has 4 aromatic heterocycles. The van der Waals surface area contributed by atoms with Gasteiger partial charge in [0.05, 0.1) is 23.5 Å². The first-order valence-electron chi connectivity index (χ1n) is 11.0. The van der Waals surface area contributed by atoms with Gasteiger partial charge in [-0.05, 0) is 31.0 Å². The van der Waals surface area contributed by atoms with Gasteiger partial charge < -0.3 is 11.1 Å². The fraction of sp³-hybridized carbons (Fsp3) is 0.280. The third kappa shape index (κ3) is 4.49. The minimum absolute atomic E-state index is 0.266. The summed E-state index contributed by atoms with van der Waals surface area (Å²) in [6.45, 7) is 8.32. The molecular formula is C25H28N8. The molecule has 33 heavy (non-hydrogen) atoms. The molecule has 0 fully saturated rings. The fourth-order valence-corrected chi connectivity index (χ4v) is 3.93. The number of hydrogen-bond acceptors (Lipinski definition) is 6. The van der Waals surface area contributed by atoms with Crippen molar-refractivity contribution in [1.82, 2.24) is 24.4 Å². The highest BCUT2D eigenvalue weighted by atomic mass is 15.2. The predicted octanol–water partition coefficient (Wildman–Crippen LogP) is 4.50. The van der Waals surface area contributed by atoms with E-state index in [1.54, 1.807) is 27.8 Å². The molecule has 0 bridgehead atoms. The number of hydrogen-bond donors (Lipinski definition) is 2. The lowest BCUT2D eigenvalue weighted by molar-refractivity contribution is 0.393. The first kappa shape index (κ1) is 22.2. The van der Waals surface area contributed by atoms with Gasteiger partial charge in [0.1, 0.15) is 11.9 Å². The van der Waals surface area contributed by atoms with Gasteiger partial charge in [-0.25, -0.2) is 9.50 Å². The molecule has 0 aliphatic carbocycles. The first-order chi connectivity index (χ1) is 15.9. The van der Waals surface area contributed by atoms with Gasteiger partial charge in [0.25, 0.3) is 0 Å². The lowest BCUT2D eigenvalue weighted by Gasteiger charge is -2.27. The van der Waals surface area contributed by atoms with Crippen LogP contribution in [0, 0.1) is 11.3 Å². The molecule has 8 heteroatoms. The molecule has 0 atom stereocenters. The molecule has 0 aliphatic rings. The van der Waals surface area contributed by atoms with Crippen LogP contribution < -0.4 is 11.1 Å². The normalized spacial score (nSPS) is 11.5. The Hall–Kier alpha value is -3.96. The second-order valence-corrected chi connectivity index (χ2v) is 8.42. The number of aromatic nitrogens is 5. The molecule has 4 heterocycles. The standard InChI is InChI=1S/C25H28N8/c1-5-25(27,6-2)10-17(3)31-23-8-7-18(12-28-23)22-9-19(21-14-29-32(4)15-21)16-33-24(22)20(11-26)13-30-33/h7-9,12-16H,3,5-6,10,27H2,1-2,4H3,(H,28,31). The molecule has 0 amide bonds. The summed E-state index contributed by atoms with van der Waals surface area (Å²) in [5.41, 5.74) is 11.9. The monoisotopic (exact) mass is 440 g/mol. The molecule has 0 saturated heterocycles. The SMILES string of the molecule is C=C(CC(N)(CC)CC)Nc1ccc(-c2cc(-c3cnn(C)c3)cn3ncc(C#N)c23)cn1. The van der Waals surface area contributed by atoms with Crippen LogP contribution in [0.2, 0.25) is 0 Å². The lowest BCUT2D eigenvalue weighted by atomic mass is 9.89. The van der Waals surface area contributed by atoms with Crippen LogP contribution in [0.1, 0.15) is 38.7 Å². The van der Waals surface area contributed by atoms with Gasteiger partial charge >= 0.3 is 0 Å². The van der Waals surface area contributed by atoms with Crippen molar-refractivity contribution >= 4 is 11.3 Å². The van der Waals surface area contributed by atoms with Crippen LogP contribution in [0.25, 0.3) is 27.8 Å². The van der Waals surface area contributed by atoms with Crippen molar-refractivity contribution in [3.63, 3.8) is 0 Å². The van der Waals surface area contributed by atoms with E-state index < -0.39 is 0 Å². The summed E-state index contributed by atoms with van der Waals surface area (Å²) in [6.07, 6.45) is 11.5. The maximum absolute atomic E-state index is 9.60. The molecule has 0 unspecified atom stereocenters. The summed E-state index contributed by atoms with van der Waals surface area (Å²) in [4.78, 5) is 4.59. The van der Waals surface area contributed by atoms with E-state index in [1.807, 2.05) is 37.6 Å². The van der Waals surface area contributed by atoms with E-state index in [2.05, 4.69) is 47.0 Å². The van der Waals surface area contributed by atoms with Crippen LogP contribution in [0.5, 0.6) is 0 Å². The molecule has 4 aromatic rings. The molecule has 0 aromatic carbocycles. The number of anilines is 1. The third-order valence-electron chi connectivity index (χ3n) is 6.12. The fourth-order valence-electron chi connectivity index (χ4n) is 3.93. The van der Waals surface area contributed by atoms with Crippen molar-refractivity contribution in [2.45, 2.75) is 38.6 Å². The van der Waals surface area contributed by atoms with E-state index in [1.165, 1.54) is 0 Å². The number of nitrogens with one attached hydrogen (secondary N) is 1. The van der Waals surface area contributed by atoms with Crippen LogP contribution in [0.4, 0.5) is 5.82 Å². The van der Waals surface area contributed by atoms with E-state index in [4.69, 9.17) is 5.73 Å². The summed E-state index contributed by atoms with van der Waals surface area (Å²) >= 11 is 0. The second-order valence-electron chi connectivity index (χ2n) is 8.42. The van der Waals surface area contributed by atoms with Gasteiger partial charge in [-0.1, -0.05) is 20.4 Å². The van der Waals surface area contributed by atoms with Gasteiger partial charge in [0.15, 0.2) is 0 Å². The molecule has 0 aliphatic heterocycles. The van der Waals surface area contributed by atoms with Crippen LogP contribution in [-0.2, 0) is 7.05 Å². The summed E-state index contributed by atoms with van der Waals surface area (Å²) in [5, 5.41) is 21.5. The predicted molar refractivity (Wildman–Crippen MR) is 130 cm³/mol. The minimum Gasteiger partial charge on any atom is -0.344 e. The largest absolute Gasteiger partial charge is 0.344 e. The highest BCUT2D eigenvalue weighted by Crippen LogP contribution is 2.32. The number of rotatable bonds is 8. The van der Waals surface area contributed by atoms with Crippen molar-refractivity contribution in [1.29, 1.82) is 5.26 Å². The average Bonchev–Trinajstić information content (AvgIpc) is 3.44. The number of fused-ring (bicyclic) bond motifs is 1. The van der Waals surface area contributed by atoms with Gasteiger partial charge in [0, 0.05) is 65.5 Å². The number of nitrogens with zero attached hydrogens (tertiary/aromatic N) is 6. The van der Waals surface area contributed by atoms with Gasteiger partial charge in [0.2, 0.25) is 0 Å². The maximum Gasteiger partial charge on any atom is 0.130 e. The smallest absolute Gasteiger partial charge is 0.130 e. The Morgan fingerprint density at radius 1 is 1.12 bits per heavy atom. The van der Waals surface area contributed by atoms with E-state index in [0.717, 1.165) is 46.3 Å². The van der Waals surface area contributed by atoms with E-state index >= 15 is 0 Å². The van der Waals surface area contributed by atoms with Crippen LogP contribution in [-0.4, -0.2) is 29.9 Å². The summed E-state index contributed by atoms with van der Waals surface area (Å²) in [6, 6.07) is 8.17. The highest BCUT2D eigenvalue weighted by molar-refractivity contribution is 5.87. The molecule has 0 radical (unpaired) electrons. The Morgan fingerprint density at radius 2 is 1.91 bits per heavy atom. The van der Waals surface area contributed by atoms with Crippen LogP contribution in [0.3, 0.4) is 0 Å². The van der Waals surface area contributed by atoms with Gasteiger partial charge in [-0.2, -0.15) is 15.5 Å². The number of pyridine rings is 2. The zero-order valence-corrected chi connectivity index (χ0v) is 19.2. The lowest BCUT2D eigenvalue weighted by Crippen LogP contribution is -2.39. The number of nitriles is 1. The van der Waals surface area contributed by atoms with Crippen molar-refractivity contribution in [3.8, 4) is 28.3 Å². The van der Waals surface area contributed by atoms with Crippen molar-refractivity contribution < 1.29 is 0 Å². The number of nitrogens with two attached hydrogens (primary N) is 1. The van der Waals surface area contributed by atoms with E-state index in [-0.39, 0.29) is 5.54 Å². The summed E-state index contributed by atoms with van der Waals surface area (Å²) < 4.78 is 3.49. The first-order valence-corrected chi connectivity index (χ1v) is 11.0. The Kier molecular flexibility index (Phi) is 5.99. The Morgan fingerprint density at radius 3 is 2.52 bits per heavy atom. The Labute approximate surface area is 193 Å². The molecule has 4 rings (SSSR count). The summed E-state index contributed by atoms with van der Waals surface area (Å²) in [5.74, 6) is 0.701. The van der Waals surface area contributed by atoms with Crippen LogP contribution >= 0.6 is 0 Å². The minimum atomic E-state index is -0.266. The van der Waals surface area contributed by atoms with Crippen molar-refractivity contribution in [2.75, 3.05) is 5.32 Å². The summed E-state index contributed by atoms with van der Waals surface area (Å²) in [7, 11) is 1.88. The third-order valence-corrected chi connectivity index (χ3v) is 6.12. The zero-order valence-electron chi connectivity index (χ0n) is 19.2. The number of aryl methyl sites for hydroxylation is 1. The zero-order chi connectivity index (χ0) is 23.6. The molecule has 0 saturated carbocycles. The van der Waals surface area contributed by atoms with Crippen molar-refractivity contribution in [3.05, 3.63) is 67.0 Å². The second kappa shape index (κ2) is 8.88. The van der Waals surface area contributed by atoms with Crippen LogP contribution in [0.15, 0.2) is 61.5 Å². The molecule has 8 nitrogen and oxygen atoms in total. The molecule has 168 valence electrons.